The SMILES string of the molecule is CCc1nccc(NS(=O)O)n1. The van der Waals surface area contributed by atoms with E-state index in [9.17, 15) is 4.21 Å². The second kappa shape index (κ2) is 4.13. The molecule has 5 nitrogen and oxygen atoms in total. The topological polar surface area (TPSA) is 75.1 Å². The molecule has 0 saturated carbocycles. The van der Waals surface area contributed by atoms with Gasteiger partial charge in [-0.15, -0.1) is 0 Å². The predicted octanol–water partition coefficient (Wildman–Crippen LogP) is 0.588. The van der Waals surface area contributed by atoms with E-state index in [0.29, 0.717) is 18.1 Å². The van der Waals surface area contributed by atoms with Gasteiger partial charge in [-0.05, 0) is 6.07 Å². The zero-order chi connectivity index (χ0) is 8.97. The average Bonchev–Trinajstić information content (AvgIpc) is 2.03. The van der Waals surface area contributed by atoms with Gasteiger partial charge in [0.2, 0.25) is 0 Å². The van der Waals surface area contributed by atoms with Crippen LogP contribution in [0.25, 0.3) is 0 Å². The molecule has 66 valence electrons. The van der Waals surface area contributed by atoms with Crippen LogP contribution in [0.5, 0.6) is 0 Å². The Bertz CT molecular complexity index is 292. The van der Waals surface area contributed by atoms with Gasteiger partial charge in [0.1, 0.15) is 11.6 Å². The minimum Gasteiger partial charge on any atom is -0.289 e. The number of anilines is 1. The zero-order valence-corrected chi connectivity index (χ0v) is 7.34. The molecule has 1 rings (SSSR count). The molecule has 1 aromatic rings. The van der Waals surface area contributed by atoms with Crippen molar-refractivity contribution in [2.24, 2.45) is 0 Å². The van der Waals surface area contributed by atoms with Gasteiger partial charge in [0.15, 0.2) is 0 Å². The third-order valence-electron chi connectivity index (χ3n) is 1.21. The first-order valence-electron chi connectivity index (χ1n) is 3.42. The Morgan fingerprint density at radius 2 is 2.50 bits per heavy atom. The fourth-order valence-corrected chi connectivity index (χ4v) is 1.01. The lowest BCUT2D eigenvalue weighted by Crippen LogP contribution is -2.05. The number of aryl methyl sites for hydroxylation is 1. The molecule has 1 atom stereocenters. The number of aromatic nitrogens is 2. The standard InChI is InChI=1S/C6H9N3O2S/c1-2-5-7-4-3-6(8-5)9-12(10)11/h3-4H,2H2,1H3,(H,10,11)(H,7,8,9). The van der Waals surface area contributed by atoms with Crippen molar-refractivity contribution in [3.8, 4) is 0 Å². The summed E-state index contributed by atoms with van der Waals surface area (Å²) in [6.07, 6.45) is 2.24. The fourth-order valence-electron chi connectivity index (χ4n) is 0.716. The highest BCUT2D eigenvalue weighted by molar-refractivity contribution is 7.80. The second-order valence-electron chi connectivity index (χ2n) is 2.06. The first kappa shape index (κ1) is 9.08. The lowest BCUT2D eigenvalue weighted by Gasteiger charge is -2.00. The van der Waals surface area contributed by atoms with E-state index in [2.05, 4.69) is 14.7 Å². The van der Waals surface area contributed by atoms with E-state index in [1.54, 1.807) is 6.20 Å². The molecule has 0 spiro atoms. The molecule has 0 saturated heterocycles. The third-order valence-corrected chi connectivity index (χ3v) is 1.60. The molecule has 0 aliphatic rings. The Morgan fingerprint density at radius 3 is 3.08 bits per heavy atom. The molecule has 1 heterocycles. The third kappa shape index (κ3) is 2.55. The summed E-state index contributed by atoms with van der Waals surface area (Å²) in [6.45, 7) is 1.91. The van der Waals surface area contributed by atoms with E-state index in [4.69, 9.17) is 4.55 Å². The van der Waals surface area contributed by atoms with Crippen molar-refractivity contribution in [1.82, 2.24) is 9.97 Å². The van der Waals surface area contributed by atoms with Gasteiger partial charge in [-0.25, -0.2) is 14.2 Å². The number of hydrogen-bond acceptors (Lipinski definition) is 3. The van der Waals surface area contributed by atoms with Crippen LogP contribution in [0, 0.1) is 0 Å². The lowest BCUT2D eigenvalue weighted by molar-refractivity contribution is 0.570. The predicted molar refractivity (Wildman–Crippen MR) is 45.8 cm³/mol. The van der Waals surface area contributed by atoms with Gasteiger partial charge in [0, 0.05) is 12.6 Å². The minimum absolute atomic E-state index is 0.364. The Kier molecular flexibility index (Phi) is 3.12. The van der Waals surface area contributed by atoms with Crippen LogP contribution in [0.15, 0.2) is 12.3 Å². The van der Waals surface area contributed by atoms with Crippen LogP contribution in [-0.2, 0) is 17.7 Å². The largest absolute Gasteiger partial charge is 0.289 e. The Balaban J connectivity index is 2.79. The molecule has 1 unspecified atom stereocenters. The average molecular weight is 187 g/mol. The smallest absolute Gasteiger partial charge is 0.260 e. The van der Waals surface area contributed by atoms with E-state index in [1.165, 1.54) is 6.07 Å². The summed E-state index contributed by atoms with van der Waals surface area (Å²) in [5.74, 6) is 1.01. The Morgan fingerprint density at radius 1 is 1.75 bits per heavy atom. The van der Waals surface area contributed by atoms with Crippen molar-refractivity contribution in [1.29, 1.82) is 0 Å². The Labute approximate surface area is 72.7 Å². The first-order chi connectivity index (χ1) is 5.72. The summed E-state index contributed by atoms with van der Waals surface area (Å²) in [4.78, 5) is 7.89. The summed E-state index contributed by atoms with van der Waals surface area (Å²) in [5, 5.41) is 0. The van der Waals surface area contributed by atoms with Crippen LogP contribution in [0.1, 0.15) is 12.7 Å². The van der Waals surface area contributed by atoms with Crippen molar-refractivity contribution in [2.45, 2.75) is 13.3 Å². The van der Waals surface area contributed by atoms with Gasteiger partial charge in [-0.2, -0.15) is 0 Å². The van der Waals surface area contributed by atoms with Crippen LogP contribution < -0.4 is 4.72 Å². The van der Waals surface area contributed by atoms with Gasteiger partial charge in [0.25, 0.3) is 11.3 Å². The summed E-state index contributed by atoms with van der Waals surface area (Å²) < 4.78 is 21.0. The van der Waals surface area contributed by atoms with Crippen LogP contribution in [-0.4, -0.2) is 18.7 Å². The van der Waals surface area contributed by atoms with Crippen molar-refractivity contribution in [2.75, 3.05) is 4.72 Å². The van der Waals surface area contributed by atoms with Crippen LogP contribution >= 0.6 is 0 Å². The molecule has 0 aliphatic heterocycles. The summed E-state index contributed by atoms with van der Waals surface area (Å²) >= 11 is -2.07. The zero-order valence-electron chi connectivity index (χ0n) is 6.52. The molecule has 0 fully saturated rings. The normalized spacial score (nSPS) is 12.5. The number of hydrogen-bond donors (Lipinski definition) is 2. The van der Waals surface area contributed by atoms with Gasteiger partial charge in [0.05, 0.1) is 0 Å². The number of nitrogens with zero attached hydrogens (tertiary/aromatic N) is 2. The number of rotatable bonds is 3. The first-order valence-corrected chi connectivity index (χ1v) is 4.52. The van der Waals surface area contributed by atoms with E-state index in [-0.39, 0.29) is 0 Å². The molecular weight excluding hydrogens is 178 g/mol. The highest BCUT2D eigenvalue weighted by Crippen LogP contribution is 2.02. The minimum atomic E-state index is -2.07. The molecule has 0 aromatic carbocycles. The van der Waals surface area contributed by atoms with Crippen LogP contribution in [0.2, 0.25) is 0 Å². The highest BCUT2D eigenvalue weighted by atomic mass is 32.2. The maximum atomic E-state index is 10.3. The second-order valence-corrected chi connectivity index (χ2v) is 2.77. The van der Waals surface area contributed by atoms with Crippen molar-refractivity contribution in [3.05, 3.63) is 18.1 Å². The maximum Gasteiger partial charge on any atom is 0.260 e. The monoisotopic (exact) mass is 187 g/mol. The van der Waals surface area contributed by atoms with Crippen LogP contribution in [0.4, 0.5) is 5.82 Å². The molecule has 0 amide bonds. The van der Waals surface area contributed by atoms with Gasteiger partial charge in [-0.3, -0.25) is 9.27 Å². The molecule has 12 heavy (non-hydrogen) atoms. The van der Waals surface area contributed by atoms with Crippen LogP contribution in [0.3, 0.4) is 0 Å². The molecule has 6 heteroatoms. The highest BCUT2D eigenvalue weighted by Gasteiger charge is 1.98. The van der Waals surface area contributed by atoms with E-state index in [0.717, 1.165) is 0 Å². The van der Waals surface area contributed by atoms with Crippen molar-refractivity contribution in [3.63, 3.8) is 0 Å². The summed E-state index contributed by atoms with van der Waals surface area (Å²) in [7, 11) is 0. The summed E-state index contributed by atoms with van der Waals surface area (Å²) in [5.41, 5.74) is 0. The Hall–Kier alpha value is -1.01. The molecular formula is C6H9N3O2S. The lowest BCUT2D eigenvalue weighted by atomic mass is 10.4. The maximum absolute atomic E-state index is 10.3. The summed E-state index contributed by atoms with van der Waals surface area (Å²) in [6, 6.07) is 1.54. The van der Waals surface area contributed by atoms with Gasteiger partial charge >= 0.3 is 0 Å². The van der Waals surface area contributed by atoms with E-state index >= 15 is 0 Å². The molecule has 0 radical (unpaired) electrons. The fraction of sp³-hybridized carbons (Fsp3) is 0.333. The van der Waals surface area contributed by atoms with Gasteiger partial charge < -0.3 is 0 Å². The molecule has 0 bridgehead atoms. The van der Waals surface area contributed by atoms with Crippen molar-refractivity contribution >= 4 is 17.1 Å². The van der Waals surface area contributed by atoms with E-state index in [1.807, 2.05) is 6.92 Å². The van der Waals surface area contributed by atoms with Gasteiger partial charge in [-0.1, -0.05) is 6.92 Å². The quantitative estimate of drug-likeness (QED) is 0.679. The molecule has 1 aromatic heterocycles. The van der Waals surface area contributed by atoms with E-state index < -0.39 is 11.3 Å². The molecule has 0 aliphatic carbocycles. The van der Waals surface area contributed by atoms with Crippen molar-refractivity contribution < 1.29 is 8.76 Å². The molecule has 2 N–H and O–H groups in total. The number of nitrogens with one attached hydrogen (secondary N) is 1.